The quantitative estimate of drug-likeness (QED) is 0.782. The maximum atomic E-state index is 10.5. The van der Waals surface area contributed by atoms with Crippen molar-refractivity contribution in [1.29, 1.82) is 0 Å². The molecule has 2 rings (SSSR count). The highest BCUT2D eigenvalue weighted by atomic mass is 32.1. The Morgan fingerprint density at radius 3 is 2.47 bits per heavy atom. The average molecular weight is 279 g/mol. The molecule has 1 aliphatic carbocycles. The minimum Gasteiger partial charge on any atom is -0.389 e. The van der Waals surface area contributed by atoms with Crippen molar-refractivity contribution in [3.05, 3.63) is 35.9 Å². The molecule has 0 amide bonds. The van der Waals surface area contributed by atoms with Gasteiger partial charge in [0.2, 0.25) is 0 Å². The average Bonchev–Trinajstić information content (AvgIpc) is 2.83. The Morgan fingerprint density at radius 2 is 1.89 bits per heavy atom. The Balaban J connectivity index is 1.91. The highest BCUT2D eigenvalue weighted by molar-refractivity contribution is 7.80. The Bertz CT molecular complexity index is 376. The molecule has 3 heteroatoms. The van der Waals surface area contributed by atoms with Crippen molar-refractivity contribution in [2.24, 2.45) is 0 Å². The molecular weight excluding hydrogens is 254 g/mol. The summed E-state index contributed by atoms with van der Waals surface area (Å²) < 4.78 is 0. The first-order valence-corrected chi connectivity index (χ1v) is 7.83. The molecule has 0 radical (unpaired) electrons. The largest absolute Gasteiger partial charge is 0.389 e. The zero-order valence-corrected chi connectivity index (χ0v) is 12.6. The SMILES string of the molecule is CN(CC(CS)c1ccccc1)CC1(O)CCCC1. The summed E-state index contributed by atoms with van der Waals surface area (Å²) in [6, 6.07) is 10.5. The molecule has 1 atom stereocenters. The van der Waals surface area contributed by atoms with Crippen molar-refractivity contribution in [2.45, 2.75) is 37.2 Å². The summed E-state index contributed by atoms with van der Waals surface area (Å²) in [7, 11) is 2.11. The molecule has 1 unspecified atom stereocenters. The molecule has 1 fully saturated rings. The predicted octanol–water partition coefficient (Wildman–Crippen LogP) is 2.94. The Labute approximate surface area is 122 Å². The van der Waals surface area contributed by atoms with Crippen LogP contribution in [0.1, 0.15) is 37.2 Å². The van der Waals surface area contributed by atoms with Gasteiger partial charge in [-0.1, -0.05) is 43.2 Å². The van der Waals surface area contributed by atoms with E-state index in [0.29, 0.717) is 5.92 Å². The number of likely N-dealkylation sites (N-methyl/N-ethyl adjacent to an activating group) is 1. The van der Waals surface area contributed by atoms with Crippen molar-refractivity contribution in [1.82, 2.24) is 4.90 Å². The van der Waals surface area contributed by atoms with E-state index >= 15 is 0 Å². The zero-order valence-electron chi connectivity index (χ0n) is 11.8. The van der Waals surface area contributed by atoms with Crippen LogP contribution in [0.2, 0.25) is 0 Å². The Kier molecular flexibility index (Phi) is 5.31. The van der Waals surface area contributed by atoms with Crippen LogP contribution >= 0.6 is 12.6 Å². The van der Waals surface area contributed by atoms with Gasteiger partial charge in [-0.25, -0.2) is 0 Å². The Hall–Kier alpha value is -0.510. The molecule has 1 aliphatic rings. The summed E-state index contributed by atoms with van der Waals surface area (Å²) in [5, 5.41) is 10.5. The molecule has 0 spiro atoms. The van der Waals surface area contributed by atoms with E-state index in [1.807, 2.05) is 6.07 Å². The lowest BCUT2D eigenvalue weighted by molar-refractivity contribution is 0.0155. The maximum absolute atomic E-state index is 10.5. The standard InChI is InChI=1S/C16H25NOS/c1-17(13-16(18)9-5-6-10-16)11-15(12-19)14-7-3-2-4-8-14/h2-4,7-8,15,18-19H,5-6,9-13H2,1H3. The fourth-order valence-corrected chi connectivity index (χ4v) is 3.45. The van der Waals surface area contributed by atoms with Gasteiger partial charge in [0.15, 0.2) is 0 Å². The number of benzene rings is 1. The van der Waals surface area contributed by atoms with Crippen molar-refractivity contribution < 1.29 is 5.11 Å². The van der Waals surface area contributed by atoms with Gasteiger partial charge in [-0.15, -0.1) is 0 Å². The third kappa shape index (κ3) is 4.23. The zero-order chi connectivity index (χ0) is 13.7. The number of hydrogen-bond donors (Lipinski definition) is 2. The van der Waals surface area contributed by atoms with Crippen LogP contribution in [0.15, 0.2) is 30.3 Å². The van der Waals surface area contributed by atoms with Gasteiger partial charge in [0.25, 0.3) is 0 Å². The lowest BCUT2D eigenvalue weighted by Crippen LogP contribution is -2.40. The van der Waals surface area contributed by atoms with Crippen LogP contribution in [0.4, 0.5) is 0 Å². The summed E-state index contributed by atoms with van der Waals surface area (Å²) in [4.78, 5) is 2.26. The molecule has 0 heterocycles. The summed E-state index contributed by atoms with van der Waals surface area (Å²) >= 11 is 4.48. The molecular formula is C16H25NOS. The molecule has 106 valence electrons. The van der Waals surface area contributed by atoms with Gasteiger partial charge in [0.1, 0.15) is 0 Å². The van der Waals surface area contributed by atoms with Crippen LogP contribution < -0.4 is 0 Å². The molecule has 1 aromatic rings. The number of aliphatic hydroxyl groups is 1. The number of rotatable bonds is 6. The van der Waals surface area contributed by atoms with Crippen LogP contribution in [0, 0.1) is 0 Å². The number of thiol groups is 1. The number of nitrogens with zero attached hydrogens (tertiary/aromatic N) is 1. The fourth-order valence-electron chi connectivity index (χ4n) is 3.13. The number of hydrogen-bond acceptors (Lipinski definition) is 3. The second-order valence-electron chi connectivity index (χ2n) is 5.92. The maximum Gasteiger partial charge on any atom is 0.0774 e. The summed E-state index contributed by atoms with van der Waals surface area (Å²) in [6.07, 6.45) is 4.24. The molecule has 1 saturated carbocycles. The molecule has 1 aromatic carbocycles. The molecule has 0 aliphatic heterocycles. The van der Waals surface area contributed by atoms with Gasteiger partial charge in [-0.2, -0.15) is 12.6 Å². The molecule has 1 N–H and O–H groups in total. The van der Waals surface area contributed by atoms with Gasteiger partial charge < -0.3 is 10.0 Å². The minimum atomic E-state index is -0.452. The molecule has 2 nitrogen and oxygen atoms in total. The van der Waals surface area contributed by atoms with E-state index in [0.717, 1.165) is 31.7 Å². The van der Waals surface area contributed by atoms with Gasteiger partial charge in [0, 0.05) is 19.0 Å². The lowest BCUT2D eigenvalue weighted by atomic mass is 9.98. The second kappa shape index (κ2) is 6.78. The van der Waals surface area contributed by atoms with Gasteiger partial charge in [-0.05, 0) is 31.2 Å². The third-order valence-corrected chi connectivity index (χ3v) is 4.56. The van der Waals surface area contributed by atoms with E-state index < -0.39 is 5.60 Å². The summed E-state index contributed by atoms with van der Waals surface area (Å²) in [5.74, 6) is 1.27. The van der Waals surface area contributed by atoms with Crippen LogP contribution in [0.3, 0.4) is 0 Å². The van der Waals surface area contributed by atoms with Crippen LogP contribution in [0.5, 0.6) is 0 Å². The van der Waals surface area contributed by atoms with Crippen molar-refractivity contribution >= 4 is 12.6 Å². The van der Waals surface area contributed by atoms with Gasteiger partial charge in [0.05, 0.1) is 5.60 Å². The van der Waals surface area contributed by atoms with Gasteiger partial charge in [-0.3, -0.25) is 0 Å². The smallest absolute Gasteiger partial charge is 0.0774 e. The molecule has 19 heavy (non-hydrogen) atoms. The van der Waals surface area contributed by atoms with E-state index in [2.05, 4.69) is 48.8 Å². The molecule has 0 saturated heterocycles. The van der Waals surface area contributed by atoms with E-state index in [9.17, 15) is 5.11 Å². The van der Waals surface area contributed by atoms with Crippen molar-refractivity contribution in [3.63, 3.8) is 0 Å². The first-order valence-electron chi connectivity index (χ1n) is 7.20. The molecule has 0 bridgehead atoms. The highest BCUT2D eigenvalue weighted by Gasteiger charge is 2.32. The van der Waals surface area contributed by atoms with Crippen molar-refractivity contribution in [3.8, 4) is 0 Å². The van der Waals surface area contributed by atoms with Gasteiger partial charge >= 0.3 is 0 Å². The van der Waals surface area contributed by atoms with E-state index in [1.54, 1.807) is 0 Å². The van der Waals surface area contributed by atoms with Crippen LogP contribution in [-0.2, 0) is 0 Å². The summed E-state index contributed by atoms with van der Waals surface area (Å²) in [6.45, 7) is 1.74. The Morgan fingerprint density at radius 1 is 1.26 bits per heavy atom. The van der Waals surface area contributed by atoms with E-state index in [1.165, 1.54) is 18.4 Å². The first kappa shape index (κ1) is 14.9. The molecule has 0 aromatic heterocycles. The van der Waals surface area contributed by atoms with Crippen LogP contribution in [0.25, 0.3) is 0 Å². The van der Waals surface area contributed by atoms with Crippen molar-refractivity contribution in [2.75, 3.05) is 25.9 Å². The first-order chi connectivity index (χ1) is 9.13. The second-order valence-corrected chi connectivity index (χ2v) is 6.28. The van der Waals surface area contributed by atoms with Crippen LogP contribution in [-0.4, -0.2) is 41.5 Å². The normalized spacial score (nSPS) is 19.8. The fraction of sp³-hybridized carbons (Fsp3) is 0.625. The monoisotopic (exact) mass is 279 g/mol. The summed E-state index contributed by atoms with van der Waals surface area (Å²) in [5.41, 5.74) is 0.884. The topological polar surface area (TPSA) is 23.5 Å². The van der Waals surface area contributed by atoms with E-state index in [-0.39, 0.29) is 0 Å². The van der Waals surface area contributed by atoms with E-state index in [4.69, 9.17) is 0 Å². The highest BCUT2D eigenvalue weighted by Crippen LogP contribution is 2.30. The minimum absolute atomic E-state index is 0.430. The lowest BCUT2D eigenvalue weighted by Gasteiger charge is -2.31. The predicted molar refractivity (Wildman–Crippen MR) is 84.0 cm³/mol. The third-order valence-electron chi connectivity index (χ3n) is 4.12.